The minimum atomic E-state index is -1.16. The molecule has 0 aliphatic rings. The third-order valence-corrected chi connectivity index (χ3v) is 4.24. The molecule has 162 valence electrons. The van der Waals surface area contributed by atoms with Gasteiger partial charge in [-0.2, -0.15) is 5.26 Å². The number of nitrogens with zero attached hydrogens (tertiary/aromatic N) is 1. The van der Waals surface area contributed by atoms with Crippen LogP contribution in [0.25, 0.3) is 6.08 Å². The number of carbonyl (C=O) groups is 2. The zero-order valence-electron chi connectivity index (χ0n) is 17.0. The Morgan fingerprint density at radius 3 is 2.52 bits per heavy atom. The molecule has 0 aromatic heterocycles. The Kier molecular flexibility index (Phi) is 8.73. The molecular formula is C22H21ClN2O6. The number of methoxy groups -OCH3 is 1. The lowest BCUT2D eigenvalue weighted by Gasteiger charge is -2.13. The number of hydrogen-bond acceptors (Lipinski definition) is 6. The Hall–Kier alpha value is -3.70. The number of aliphatic carboxylic acids is 1. The summed E-state index contributed by atoms with van der Waals surface area (Å²) in [6.45, 7) is 1.66. The molecule has 1 amide bonds. The van der Waals surface area contributed by atoms with Crippen molar-refractivity contribution in [1.29, 1.82) is 5.26 Å². The Morgan fingerprint density at radius 2 is 1.94 bits per heavy atom. The molecule has 0 spiro atoms. The predicted molar refractivity (Wildman–Crippen MR) is 114 cm³/mol. The second-order valence-corrected chi connectivity index (χ2v) is 6.55. The highest BCUT2D eigenvalue weighted by Gasteiger charge is 2.15. The highest BCUT2D eigenvalue weighted by Crippen LogP contribution is 2.37. The molecule has 8 nitrogen and oxygen atoms in total. The van der Waals surface area contributed by atoms with E-state index in [4.69, 9.17) is 30.9 Å². The van der Waals surface area contributed by atoms with Gasteiger partial charge in [0.25, 0.3) is 5.91 Å². The topological polar surface area (TPSA) is 118 Å². The summed E-state index contributed by atoms with van der Waals surface area (Å²) in [5, 5.41) is 21.0. The van der Waals surface area contributed by atoms with Gasteiger partial charge in [0, 0.05) is 6.54 Å². The highest BCUT2D eigenvalue weighted by molar-refractivity contribution is 6.32. The van der Waals surface area contributed by atoms with Gasteiger partial charge in [0.2, 0.25) is 0 Å². The van der Waals surface area contributed by atoms with Crippen molar-refractivity contribution in [3.05, 3.63) is 58.1 Å². The largest absolute Gasteiger partial charge is 0.497 e. The van der Waals surface area contributed by atoms with E-state index in [9.17, 15) is 14.9 Å². The molecule has 0 radical (unpaired) electrons. The minimum absolute atomic E-state index is 0.0746. The van der Waals surface area contributed by atoms with Gasteiger partial charge >= 0.3 is 5.97 Å². The molecule has 0 heterocycles. The van der Waals surface area contributed by atoms with Crippen LogP contribution in [-0.4, -0.2) is 37.3 Å². The van der Waals surface area contributed by atoms with Gasteiger partial charge in [-0.3, -0.25) is 4.79 Å². The summed E-state index contributed by atoms with van der Waals surface area (Å²) >= 11 is 6.20. The first-order valence-electron chi connectivity index (χ1n) is 9.21. The Morgan fingerprint density at radius 1 is 1.23 bits per heavy atom. The molecule has 0 aliphatic carbocycles. The molecular weight excluding hydrogens is 424 g/mol. The van der Waals surface area contributed by atoms with E-state index < -0.39 is 18.5 Å². The first-order valence-corrected chi connectivity index (χ1v) is 9.59. The van der Waals surface area contributed by atoms with Gasteiger partial charge in [0.1, 0.15) is 17.4 Å². The summed E-state index contributed by atoms with van der Waals surface area (Å²) in [5.74, 6) is -0.740. The third-order valence-electron chi connectivity index (χ3n) is 3.96. The first kappa shape index (κ1) is 23.6. The average Bonchev–Trinajstić information content (AvgIpc) is 2.75. The van der Waals surface area contributed by atoms with Crippen LogP contribution in [-0.2, 0) is 16.1 Å². The van der Waals surface area contributed by atoms with Crippen LogP contribution in [0.1, 0.15) is 18.1 Å². The maximum atomic E-state index is 12.4. The van der Waals surface area contributed by atoms with Crippen LogP contribution in [0.5, 0.6) is 17.2 Å². The van der Waals surface area contributed by atoms with Crippen LogP contribution in [0.3, 0.4) is 0 Å². The molecule has 9 heteroatoms. The monoisotopic (exact) mass is 444 g/mol. The quantitative estimate of drug-likeness (QED) is 0.425. The maximum Gasteiger partial charge on any atom is 0.341 e. The van der Waals surface area contributed by atoms with E-state index in [1.54, 1.807) is 38.3 Å². The number of hydrogen-bond donors (Lipinski definition) is 2. The van der Waals surface area contributed by atoms with Crippen molar-refractivity contribution in [2.75, 3.05) is 20.3 Å². The fourth-order valence-electron chi connectivity index (χ4n) is 2.54. The number of carboxylic acids is 1. The molecule has 0 bridgehead atoms. The lowest BCUT2D eigenvalue weighted by atomic mass is 10.1. The van der Waals surface area contributed by atoms with Gasteiger partial charge in [0.05, 0.1) is 18.7 Å². The van der Waals surface area contributed by atoms with Crippen LogP contribution < -0.4 is 19.5 Å². The lowest BCUT2D eigenvalue weighted by molar-refractivity contribution is -0.139. The van der Waals surface area contributed by atoms with E-state index in [1.807, 2.05) is 6.07 Å². The van der Waals surface area contributed by atoms with Crippen molar-refractivity contribution in [3.8, 4) is 23.3 Å². The fraction of sp³-hybridized carbons (Fsp3) is 0.227. The highest BCUT2D eigenvalue weighted by atomic mass is 35.5. The molecule has 0 saturated heterocycles. The van der Waals surface area contributed by atoms with Gasteiger partial charge < -0.3 is 24.6 Å². The summed E-state index contributed by atoms with van der Waals surface area (Å²) in [4.78, 5) is 23.2. The lowest BCUT2D eigenvalue weighted by Crippen LogP contribution is -2.23. The standard InChI is InChI=1S/C22H21ClN2O6/c1-3-30-19-10-15(9-18(23)21(19)31-13-20(26)27)8-16(11-24)22(28)25-12-14-4-6-17(29-2)7-5-14/h4-10H,3,12-13H2,1-2H3,(H,25,28)(H,26,27)/b16-8-. The number of nitriles is 1. The Balaban J connectivity index is 2.20. The number of halogens is 1. The number of benzene rings is 2. The van der Waals surface area contributed by atoms with E-state index in [2.05, 4.69) is 5.32 Å². The number of nitrogens with one attached hydrogen (secondary N) is 1. The number of amides is 1. The van der Waals surface area contributed by atoms with Crippen LogP contribution >= 0.6 is 11.6 Å². The van der Waals surface area contributed by atoms with E-state index in [-0.39, 0.29) is 35.2 Å². The normalized spacial score (nSPS) is 10.7. The number of carbonyl (C=O) groups excluding carboxylic acids is 1. The summed E-state index contributed by atoms with van der Waals surface area (Å²) in [5.41, 5.74) is 1.13. The van der Waals surface area contributed by atoms with Gasteiger partial charge in [0.15, 0.2) is 18.1 Å². The van der Waals surface area contributed by atoms with Gasteiger partial charge in [-0.05, 0) is 48.4 Å². The van der Waals surface area contributed by atoms with Crippen molar-refractivity contribution in [2.45, 2.75) is 13.5 Å². The van der Waals surface area contributed by atoms with Crippen LogP contribution in [0.4, 0.5) is 0 Å². The van der Waals surface area contributed by atoms with Crippen LogP contribution in [0.2, 0.25) is 5.02 Å². The summed E-state index contributed by atoms with van der Waals surface area (Å²) in [6.07, 6.45) is 1.36. The Bertz CT molecular complexity index is 1010. The molecule has 31 heavy (non-hydrogen) atoms. The summed E-state index contributed by atoms with van der Waals surface area (Å²) < 4.78 is 15.7. The van der Waals surface area contributed by atoms with Crippen molar-refractivity contribution in [3.63, 3.8) is 0 Å². The average molecular weight is 445 g/mol. The predicted octanol–water partition coefficient (Wildman–Crippen LogP) is 3.43. The zero-order chi connectivity index (χ0) is 22.8. The van der Waals surface area contributed by atoms with Gasteiger partial charge in [-0.1, -0.05) is 23.7 Å². The minimum Gasteiger partial charge on any atom is -0.497 e. The molecule has 2 rings (SSSR count). The number of rotatable bonds is 10. The maximum absolute atomic E-state index is 12.4. The van der Waals surface area contributed by atoms with E-state index in [1.165, 1.54) is 18.2 Å². The first-order chi connectivity index (χ1) is 14.9. The fourth-order valence-corrected chi connectivity index (χ4v) is 2.82. The second kappa shape index (κ2) is 11.5. The molecule has 2 aromatic rings. The van der Waals surface area contributed by atoms with E-state index in [0.29, 0.717) is 11.3 Å². The third kappa shape index (κ3) is 6.94. The molecule has 0 unspecified atom stereocenters. The van der Waals surface area contributed by atoms with E-state index in [0.717, 1.165) is 5.56 Å². The van der Waals surface area contributed by atoms with Crippen LogP contribution in [0, 0.1) is 11.3 Å². The van der Waals surface area contributed by atoms with Crippen molar-refractivity contribution in [1.82, 2.24) is 5.32 Å². The molecule has 0 saturated carbocycles. The molecule has 0 aliphatic heterocycles. The summed E-state index contributed by atoms with van der Waals surface area (Å²) in [7, 11) is 1.56. The molecule has 2 N–H and O–H groups in total. The smallest absolute Gasteiger partial charge is 0.341 e. The van der Waals surface area contributed by atoms with Crippen LogP contribution in [0.15, 0.2) is 42.0 Å². The number of ether oxygens (including phenoxy) is 3. The van der Waals surface area contributed by atoms with E-state index >= 15 is 0 Å². The van der Waals surface area contributed by atoms with Crippen molar-refractivity contribution in [2.24, 2.45) is 0 Å². The van der Waals surface area contributed by atoms with Crippen molar-refractivity contribution < 1.29 is 28.9 Å². The molecule has 0 atom stereocenters. The second-order valence-electron chi connectivity index (χ2n) is 6.15. The SMILES string of the molecule is CCOc1cc(/C=C(/C#N)C(=O)NCc2ccc(OC)cc2)cc(Cl)c1OCC(=O)O. The summed E-state index contributed by atoms with van der Waals surface area (Å²) in [6, 6.07) is 12.0. The zero-order valence-corrected chi connectivity index (χ0v) is 17.7. The van der Waals surface area contributed by atoms with Gasteiger partial charge in [-0.25, -0.2) is 4.79 Å². The molecule has 0 fully saturated rings. The Labute approximate surface area is 184 Å². The number of carboxylic acid groups (broad SMARTS) is 1. The van der Waals surface area contributed by atoms with Crippen molar-refractivity contribution >= 4 is 29.6 Å². The van der Waals surface area contributed by atoms with Gasteiger partial charge in [-0.15, -0.1) is 0 Å². The molecule has 2 aromatic carbocycles.